The van der Waals surface area contributed by atoms with Crippen molar-refractivity contribution >= 4 is 40.5 Å². The molecule has 2 fully saturated rings. The van der Waals surface area contributed by atoms with E-state index >= 15 is 0 Å². The van der Waals surface area contributed by atoms with Gasteiger partial charge >= 0.3 is 0 Å². The van der Waals surface area contributed by atoms with Crippen molar-refractivity contribution in [1.82, 2.24) is 10.2 Å². The lowest BCUT2D eigenvalue weighted by Gasteiger charge is -2.44. The Labute approximate surface area is 206 Å². The van der Waals surface area contributed by atoms with Gasteiger partial charge in [0.2, 0.25) is 5.91 Å². The van der Waals surface area contributed by atoms with Gasteiger partial charge in [-0.05, 0) is 55.7 Å². The van der Waals surface area contributed by atoms with Crippen LogP contribution in [0.15, 0.2) is 42.5 Å². The molecule has 0 aromatic heterocycles. The molecule has 0 spiro atoms. The zero-order valence-corrected chi connectivity index (χ0v) is 20.4. The van der Waals surface area contributed by atoms with Gasteiger partial charge in [0.05, 0.1) is 11.4 Å². The van der Waals surface area contributed by atoms with Gasteiger partial charge < -0.3 is 20.0 Å². The van der Waals surface area contributed by atoms with E-state index in [1.807, 2.05) is 43.4 Å². The molecule has 2 amide bonds. The number of fused-ring (bicyclic) bond motifs is 3. The predicted molar refractivity (Wildman–Crippen MR) is 137 cm³/mol. The van der Waals surface area contributed by atoms with Crippen molar-refractivity contribution in [2.24, 2.45) is 0 Å². The summed E-state index contributed by atoms with van der Waals surface area (Å²) in [6, 6.07) is 13.7. The Balaban J connectivity index is 1.14. The van der Waals surface area contributed by atoms with Gasteiger partial charge in [-0.15, -0.1) is 0 Å². The number of nitrogens with one attached hydrogen (secondary N) is 1. The summed E-state index contributed by atoms with van der Waals surface area (Å²) < 4.78 is 0. The number of rotatable bonds is 5. The first-order valence-corrected chi connectivity index (χ1v) is 12.6. The lowest BCUT2D eigenvalue weighted by atomic mass is 9.96. The summed E-state index contributed by atoms with van der Waals surface area (Å²) in [7, 11) is 1.82. The second-order valence-electron chi connectivity index (χ2n) is 9.37. The number of halogens is 1. The number of hydrogen-bond acceptors (Lipinski definition) is 5. The molecule has 0 unspecified atom stereocenters. The molecule has 3 heterocycles. The van der Waals surface area contributed by atoms with Gasteiger partial charge in [-0.25, -0.2) is 0 Å². The Hall–Kier alpha value is -2.77. The first-order valence-electron chi connectivity index (χ1n) is 12.2. The smallest absolute Gasteiger partial charge is 0.251 e. The highest BCUT2D eigenvalue weighted by molar-refractivity contribution is 6.30. The molecule has 3 aliphatic heterocycles. The molecular weight excluding hydrogens is 450 g/mol. The number of likely N-dealkylation sites (N-methyl/N-ethyl adjacent to an activating group) is 1. The Kier molecular flexibility index (Phi) is 6.66. The standard InChI is InChI=1S/C26H32ClN5O2/c1-29-24-17-19(8-9-22(24)32-11-3-2-7-23(32)26(29)34)25(33)28-10-12-30-13-15-31(16-14-30)21-6-4-5-20(27)18-21/h4-6,8-9,17-18,23H,2-3,7,10-16H2,1H3,(H,28,33)/t23-/m1/s1. The van der Waals surface area contributed by atoms with Gasteiger partial charge in [-0.1, -0.05) is 17.7 Å². The molecule has 34 heavy (non-hydrogen) atoms. The molecule has 180 valence electrons. The van der Waals surface area contributed by atoms with Crippen molar-refractivity contribution < 1.29 is 9.59 Å². The summed E-state index contributed by atoms with van der Waals surface area (Å²) in [4.78, 5) is 34.3. The second-order valence-corrected chi connectivity index (χ2v) is 9.81. The molecule has 1 atom stereocenters. The van der Waals surface area contributed by atoms with Crippen LogP contribution in [0.3, 0.4) is 0 Å². The highest BCUT2D eigenvalue weighted by atomic mass is 35.5. The average molecular weight is 482 g/mol. The maximum Gasteiger partial charge on any atom is 0.251 e. The van der Waals surface area contributed by atoms with E-state index in [2.05, 4.69) is 26.1 Å². The molecule has 1 N–H and O–H groups in total. The first-order chi connectivity index (χ1) is 16.5. The van der Waals surface area contributed by atoms with Crippen LogP contribution in [-0.4, -0.2) is 75.6 Å². The van der Waals surface area contributed by atoms with Crippen LogP contribution in [0.2, 0.25) is 5.02 Å². The number of carbonyl (C=O) groups excluding carboxylic acids is 2. The summed E-state index contributed by atoms with van der Waals surface area (Å²) in [5.74, 6) is 0.0312. The van der Waals surface area contributed by atoms with Crippen LogP contribution in [0, 0.1) is 0 Å². The molecule has 3 aliphatic rings. The molecule has 0 bridgehead atoms. The van der Waals surface area contributed by atoms with E-state index in [0.717, 1.165) is 80.6 Å². The fourth-order valence-electron chi connectivity index (χ4n) is 5.33. The Morgan fingerprint density at radius 3 is 2.65 bits per heavy atom. The van der Waals surface area contributed by atoms with Gasteiger partial charge in [-0.2, -0.15) is 0 Å². The topological polar surface area (TPSA) is 59.1 Å². The van der Waals surface area contributed by atoms with Gasteiger partial charge in [0, 0.05) is 69.1 Å². The zero-order valence-electron chi connectivity index (χ0n) is 19.7. The molecule has 2 saturated heterocycles. The van der Waals surface area contributed by atoms with Crippen LogP contribution in [-0.2, 0) is 4.79 Å². The number of hydrogen-bond donors (Lipinski definition) is 1. The number of benzene rings is 2. The van der Waals surface area contributed by atoms with Crippen LogP contribution < -0.4 is 20.0 Å². The number of anilines is 3. The summed E-state index contributed by atoms with van der Waals surface area (Å²) in [5.41, 5.74) is 3.64. The van der Waals surface area contributed by atoms with E-state index in [0.29, 0.717) is 12.1 Å². The van der Waals surface area contributed by atoms with Crippen LogP contribution in [0.5, 0.6) is 0 Å². The molecule has 7 nitrogen and oxygen atoms in total. The van der Waals surface area contributed by atoms with Gasteiger partial charge in [0.1, 0.15) is 6.04 Å². The van der Waals surface area contributed by atoms with Crippen LogP contribution >= 0.6 is 11.6 Å². The third-order valence-electron chi connectivity index (χ3n) is 7.29. The maximum atomic E-state index is 12.8. The number of carbonyl (C=O) groups is 2. The predicted octanol–water partition coefficient (Wildman–Crippen LogP) is 3.23. The van der Waals surface area contributed by atoms with E-state index in [1.54, 1.807) is 4.90 Å². The Morgan fingerprint density at radius 1 is 1.03 bits per heavy atom. The quantitative estimate of drug-likeness (QED) is 0.710. The van der Waals surface area contributed by atoms with E-state index in [-0.39, 0.29) is 17.9 Å². The van der Waals surface area contributed by atoms with Crippen molar-refractivity contribution in [2.45, 2.75) is 25.3 Å². The fourth-order valence-corrected chi connectivity index (χ4v) is 5.51. The van der Waals surface area contributed by atoms with Crippen LogP contribution in [0.4, 0.5) is 17.1 Å². The van der Waals surface area contributed by atoms with E-state index in [4.69, 9.17) is 11.6 Å². The molecule has 2 aromatic carbocycles. The minimum Gasteiger partial charge on any atom is -0.369 e. The number of piperazine rings is 1. The summed E-state index contributed by atoms with van der Waals surface area (Å²) in [6.45, 7) is 6.08. The summed E-state index contributed by atoms with van der Waals surface area (Å²) in [5, 5.41) is 3.82. The van der Waals surface area contributed by atoms with E-state index in [9.17, 15) is 9.59 Å². The van der Waals surface area contributed by atoms with E-state index < -0.39 is 0 Å². The monoisotopic (exact) mass is 481 g/mol. The fraction of sp³-hybridized carbons (Fsp3) is 0.462. The lowest BCUT2D eigenvalue weighted by molar-refractivity contribution is -0.120. The maximum absolute atomic E-state index is 12.8. The zero-order chi connectivity index (χ0) is 23.7. The highest BCUT2D eigenvalue weighted by Crippen LogP contribution is 2.39. The van der Waals surface area contributed by atoms with Crippen molar-refractivity contribution in [2.75, 3.05) is 67.6 Å². The van der Waals surface area contributed by atoms with Gasteiger partial charge in [0.25, 0.3) is 5.91 Å². The largest absolute Gasteiger partial charge is 0.369 e. The lowest BCUT2D eigenvalue weighted by Crippen LogP contribution is -2.54. The normalized spacial score (nSPS) is 20.7. The SMILES string of the molecule is CN1C(=O)[C@H]2CCCCN2c2ccc(C(=O)NCCN3CCN(c4cccc(Cl)c4)CC3)cc21. The highest BCUT2D eigenvalue weighted by Gasteiger charge is 2.38. The van der Waals surface area contributed by atoms with Gasteiger partial charge in [0.15, 0.2) is 0 Å². The molecule has 5 rings (SSSR count). The third kappa shape index (κ3) is 4.59. The Morgan fingerprint density at radius 2 is 1.85 bits per heavy atom. The van der Waals surface area contributed by atoms with Crippen molar-refractivity contribution in [3.8, 4) is 0 Å². The Bertz CT molecular complexity index is 1070. The van der Waals surface area contributed by atoms with Crippen molar-refractivity contribution in [3.63, 3.8) is 0 Å². The molecule has 0 saturated carbocycles. The van der Waals surface area contributed by atoms with Crippen molar-refractivity contribution in [3.05, 3.63) is 53.1 Å². The number of amides is 2. The molecule has 2 aromatic rings. The minimum absolute atomic E-state index is 0.0646. The van der Waals surface area contributed by atoms with Crippen molar-refractivity contribution in [1.29, 1.82) is 0 Å². The summed E-state index contributed by atoms with van der Waals surface area (Å²) >= 11 is 6.13. The minimum atomic E-state index is -0.0954. The van der Waals surface area contributed by atoms with Crippen LogP contribution in [0.25, 0.3) is 0 Å². The molecular formula is C26H32ClN5O2. The average Bonchev–Trinajstić information content (AvgIpc) is 2.87. The molecule has 8 heteroatoms. The first kappa shape index (κ1) is 23.0. The van der Waals surface area contributed by atoms with E-state index in [1.165, 1.54) is 0 Å². The number of piperidine rings is 1. The molecule has 0 radical (unpaired) electrons. The van der Waals surface area contributed by atoms with Gasteiger partial charge in [-0.3, -0.25) is 14.5 Å². The third-order valence-corrected chi connectivity index (χ3v) is 7.52. The van der Waals surface area contributed by atoms with Crippen LogP contribution in [0.1, 0.15) is 29.6 Å². The second kappa shape index (κ2) is 9.84. The molecule has 0 aliphatic carbocycles. The number of nitrogens with zero attached hydrogens (tertiary/aromatic N) is 4. The summed E-state index contributed by atoms with van der Waals surface area (Å²) in [6.07, 6.45) is 3.09.